The van der Waals surface area contributed by atoms with E-state index in [-0.39, 0.29) is 5.91 Å². The molecule has 3 nitrogen and oxygen atoms in total. The van der Waals surface area contributed by atoms with Gasteiger partial charge in [-0.1, -0.05) is 26.8 Å². The first kappa shape index (κ1) is 14.9. The molecule has 0 fully saturated rings. The van der Waals surface area contributed by atoms with Gasteiger partial charge in [-0.15, -0.1) is 0 Å². The SMILES string of the molecule is CCC(=O)NCCC(C)c1c(CC)ccc2c1CCO2. The summed E-state index contributed by atoms with van der Waals surface area (Å²) in [6, 6.07) is 4.30. The summed E-state index contributed by atoms with van der Waals surface area (Å²) in [6.07, 6.45) is 3.61. The van der Waals surface area contributed by atoms with Crippen LogP contribution in [-0.2, 0) is 17.6 Å². The normalized spacial score (nSPS) is 14.6. The summed E-state index contributed by atoms with van der Waals surface area (Å²) in [4.78, 5) is 11.3. The molecule has 1 aromatic rings. The van der Waals surface area contributed by atoms with E-state index in [0.29, 0.717) is 12.3 Å². The first-order valence-corrected chi connectivity index (χ1v) is 7.71. The molecule has 0 spiro atoms. The molecule has 0 aliphatic carbocycles. The van der Waals surface area contributed by atoms with Crippen molar-refractivity contribution in [3.05, 3.63) is 28.8 Å². The molecule has 0 saturated heterocycles. The van der Waals surface area contributed by atoms with Gasteiger partial charge in [0.05, 0.1) is 6.61 Å². The molecule has 20 heavy (non-hydrogen) atoms. The Labute approximate surface area is 121 Å². The number of aryl methyl sites for hydroxylation is 1. The van der Waals surface area contributed by atoms with Gasteiger partial charge in [-0.2, -0.15) is 0 Å². The second-order valence-corrected chi connectivity index (χ2v) is 5.46. The minimum atomic E-state index is 0.134. The molecule has 1 heterocycles. The fourth-order valence-corrected chi connectivity index (χ4v) is 2.97. The molecule has 0 bridgehead atoms. The van der Waals surface area contributed by atoms with E-state index in [1.165, 1.54) is 16.7 Å². The van der Waals surface area contributed by atoms with Gasteiger partial charge < -0.3 is 10.1 Å². The van der Waals surface area contributed by atoms with Crippen molar-refractivity contribution in [1.82, 2.24) is 5.32 Å². The number of ether oxygens (including phenoxy) is 1. The van der Waals surface area contributed by atoms with Crippen LogP contribution in [0.1, 0.15) is 56.2 Å². The van der Waals surface area contributed by atoms with Crippen molar-refractivity contribution in [3.8, 4) is 5.75 Å². The van der Waals surface area contributed by atoms with Gasteiger partial charge in [0.1, 0.15) is 5.75 Å². The summed E-state index contributed by atoms with van der Waals surface area (Å²) in [7, 11) is 0. The quantitative estimate of drug-likeness (QED) is 0.865. The van der Waals surface area contributed by atoms with Gasteiger partial charge in [0.2, 0.25) is 5.91 Å². The highest BCUT2D eigenvalue weighted by Crippen LogP contribution is 2.36. The van der Waals surface area contributed by atoms with Crippen LogP contribution < -0.4 is 10.1 Å². The van der Waals surface area contributed by atoms with Crippen molar-refractivity contribution in [2.75, 3.05) is 13.2 Å². The van der Waals surface area contributed by atoms with E-state index in [0.717, 1.165) is 38.2 Å². The third kappa shape index (κ3) is 3.14. The molecule has 1 aliphatic heterocycles. The lowest BCUT2D eigenvalue weighted by atomic mass is 9.87. The fourth-order valence-electron chi connectivity index (χ4n) is 2.97. The third-order valence-electron chi connectivity index (χ3n) is 4.11. The van der Waals surface area contributed by atoms with Crippen molar-refractivity contribution < 1.29 is 9.53 Å². The Balaban J connectivity index is 2.10. The predicted molar refractivity (Wildman–Crippen MR) is 81.4 cm³/mol. The molecule has 2 rings (SSSR count). The highest BCUT2D eigenvalue weighted by atomic mass is 16.5. The monoisotopic (exact) mass is 275 g/mol. The molecule has 1 aromatic carbocycles. The predicted octanol–water partition coefficient (Wildman–Crippen LogP) is 3.20. The maximum atomic E-state index is 11.3. The molecule has 1 aliphatic rings. The van der Waals surface area contributed by atoms with Crippen molar-refractivity contribution in [2.24, 2.45) is 0 Å². The van der Waals surface area contributed by atoms with Crippen LogP contribution in [0.15, 0.2) is 12.1 Å². The van der Waals surface area contributed by atoms with Gasteiger partial charge in [0.25, 0.3) is 0 Å². The number of carbonyl (C=O) groups excluding carboxylic acids is 1. The Morgan fingerprint density at radius 3 is 2.90 bits per heavy atom. The lowest BCUT2D eigenvalue weighted by Crippen LogP contribution is -2.24. The molecule has 0 aromatic heterocycles. The number of fused-ring (bicyclic) bond motifs is 1. The van der Waals surface area contributed by atoms with Crippen molar-refractivity contribution in [1.29, 1.82) is 0 Å². The van der Waals surface area contributed by atoms with Crippen LogP contribution >= 0.6 is 0 Å². The second-order valence-electron chi connectivity index (χ2n) is 5.46. The third-order valence-corrected chi connectivity index (χ3v) is 4.11. The van der Waals surface area contributed by atoms with E-state index in [1.54, 1.807) is 0 Å². The van der Waals surface area contributed by atoms with E-state index in [2.05, 4.69) is 31.3 Å². The van der Waals surface area contributed by atoms with Gasteiger partial charge in [-0.25, -0.2) is 0 Å². The van der Waals surface area contributed by atoms with Gasteiger partial charge in [0.15, 0.2) is 0 Å². The smallest absolute Gasteiger partial charge is 0.219 e. The maximum Gasteiger partial charge on any atom is 0.219 e. The summed E-state index contributed by atoms with van der Waals surface area (Å²) in [5, 5.41) is 2.97. The summed E-state index contributed by atoms with van der Waals surface area (Å²) in [6.45, 7) is 7.89. The van der Waals surface area contributed by atoms with E-state index >= 15 is 0 Å². The zero-order valence-corrected chi connectivity index (χ0v) is 12.8. The molecular weight excluding hydrogens is 250 g/mol. The number of carbonyl (C=O) groups is 1. The van der Waals surface area contributed by atoms with Gasteiger partial charge >= 0.3 is 0 Å². The number of rotatable bonds is 6. The van der Waals surface area contributed by atoms with Gasteiger partial charge in [0, 0.05) is 24.9 Å². The summed E-state index contributed by atoms with van der Waals surface area (Å²) in [5.74, 6) is 1.65. The van der Waals surface area contributed by atoms with Crippen LogP contribution in [-0.4, -0.2) is 19.1 Å². The van der Waals surface area contributed by atoms with E-state index in [1.807, 2.05) is 6.92 Å². The molecule has 1 unspecified atom stereocenters. The molecule has 110 valence electrons. The molecular formula is C17H25NO2. The van der Waals surface area contributed by atoms with E-state index in [9.17, 15) is 4.79 Å². The maximum absolute atomic E-state index is 11.3. The Morgan fingerprint density at radius 2 is 2.20 bits per heavy atom. The van der Waals surface area contributed by atoms with Crippen molar-refractivity contribution >= 4 is 5.91 Å². The highest BCUT2D eigenvalue weighted by molar-refractivity contribution is 5.75. The van der Waals surface area contributed by atoms with Gasteiger partial charge in [-0.05, 0) is 36.0 Å². The largest absolute Gasteiger partial charge is 0.493 e. The number of benzene rings is 1. The van der Waals surface area contributed by atoms with Gasteiger partial charge in [-0.3, -0.25) is 4.79 Å². The lowest BCUT2D eigenvalue weighted by Gasteiger charge is -2.19. The van der Waals surface area contributed by atoms with Crippen LogP contribution in [0.2, 0.25) is 0 Å². The lowest BCUT2D eigenvalue weighted by molar-refractivity contribution is -0.120. The Morgan fingerprint density at radius 1 is 1.40 bits per heavy atom. The molecule has 3 heteroatoms. The van der Waals surface area contributed by atoms with Crippen LogP contribution in [0, 0.1) is 0 Å². The minimum Gasteiger partial charge on any atom is -0.493 e. The number of amides is 1. The molecule has 0 saturated carbocycles. The fraction of sp³-hybridized carbons (Fsp3) is 0.588. The summed E-state index contributed by atoms with van der Waals surface area (Å²) >= 11 is 0. The number of hydrogen-bond acceptors (Lipinski definition) is 2. The molecule has 1 atom stereocenters. The average molecular weight is 275 g/mol. The van der Waals surface area contributed by atoms with E-state index < -0.39 is 0 Å². The topological polar surface area (TPSA) is 38.3 Å². The minimum absolute atomic E-state index is 0.134. The molecule has 0 radical (unpaired) electrons. The molecule has 1 amide bonds. The summed E-state index contributed by atoms with van der Waals surface area (Å²) in [5.41, 5.74) is 4.26. The standard InChI is InChI=1S/C17H25NO2/c1-4-13-6-7-15-14(9-11-20-15)17(13)12(3)8-10-18-16(19)5-2/h6-7,12H,4-5,8-11H2,1-3H3,(H,18,19). The van der Waals surface area contributed by atoms with Crippen molar-refractivity contribution in [2.45, 2.75) is 52.4 Å². The highest BCUT2D eigenvalue weighted by Gasteiger charge is 2.22. The van der Waals surface area contributed by atoms with Crippen LogP contribution in [0.4, 0.5) is 0 Å². The Kier molecular flexibility index (Phi) is 5.05. The first-order chi connectivity index (χ1) is 9.67. The van der Waals surface area contributed by atoms with Crippen LogP contribution in [0.5, 0.6) is 5.75 Å². The van der Waals surface area contributed by atoms with E-state index in [4.69, 9.17) is 4.74 Å². The van der Waals surface area contributed by atoms with Crippen LogP contribution in [0.3, 0.4) is 0 Å². The summed E-state index contributed by atoms with van der Waals surface area (Å²) < 4.78 is 5.68. The van der Waals surface area contributed by atoms with Crippen LogP contribution in [0.25, 0.3) is 0 Å². The Hall–Kier alpha value is -1.51. The number of nitrogens with one attached hydrogen (secondary N) is 1. The zero-order valence-electron chi connectivity index (χ0n) is 12.8. The molecule has 1 N–H and O–H groups in total. The van der Waals surface area contributed by atoms with Crippen molar-refractivity contribution in [3.63, 3.8) is 0 Å². The second kappa shape index (κ2) is 6.78. The average Bonchev–Trinajstić information content (AvgIpc) is 2.93. The Bertz CT molecular complexity index is 482. The number of hydrogen-bond donors (Lipinski definition) is 1. The first-order valence-electron chi connectivity index (χ1n) is 7.71. The zero-order chi connectivity index (χ0) is 14.5.